The Hall–Kier alpha value is -3.28. The SMILES string of the molecule is CC(=O)c1cc(N(C)C)c2c(c1O)C(O)=C1C(=O)[C@@]3(O)C(=O)C(C(N)=O)C(O)C(N(C)C)[C@H]3C[C@H]1C2. The first kappa shape index (κ1) is 25.8. The van der Waals surface area contributed by atoms with Crippen LogP contribution in [0.5, 0.6) is 5.75 Å². The Morgan fingerprint density at radius 1 is 1.14 bits per heavy atom. The Labute approximate surface area is 207 Å². The molecule has 1 aromatic rings. The van der Waals surface area contributed by atoms with Gasteiger partial charge in [0.15, 0.2) is 17.2 Å². The molecule has 36 heavy (non-hydrogen) atoms. The van der Waals surface area contributed by atoms with Gasteiger partial charge in [0.05, 0.1) is 17.2 Å². The number of carbonyl (C=O) groups excluding carboxylic acids is 4. The number of Topliss-reactive ketones (excluding diaryl/α,β-unsaturated/α-hetero) is 3. The van der Waals surface area contributed by atoms with Crippen molar-refractivity contribution in [1.82, 2.24) is 4.90 Å². The molecule has 6 N–H and O–H groups in total. The van der Waals surface area contributed by atoms with Gasteiger partial charge < -0.3 is 36.0 Å². The number of aliphatic hydroxyl groups is 3. The highest BCUT2D eigenvalue weighted by molar-refractivity contribution is 6.25. The lowest BCUT2D eigenvalue weighted by molar-refractivity contribution is -0.184. The van der Waals surface area contributed by atoms with Crippen molar-refractivity contribution in [3.63, 3.8) is 0 Å². The van der Waals surface area contributed by atoms with E-state index < -0.39 is 70.3 Å². The highest BCUT2D eigenvalue weighted by Gasteiger charge is 2.67. The fraction of sp³-hybridized carbons (Fsp3) is 0.520. The molecule has 2 saturated carbocycles. The number of anilines is 1. The van der Waals surface area contributed by atoms with E-state index >= 15 is 0 Å². The van der Waals surface area contributed by atoms with Crippen LogP contribution in [0, 0.1) is 17.8 Å². The van der Waals surface area contributed by atoms with Crippen molar-refractivity contribution in [2.75, 3.05) is 33.1 Å². The molecule has 0 aliphatic heterocycles. The second-order valence-corrected chi connectivity index (χ2v) is 10.4. The van der Waals surface area contributed by atoms with Gasteiger partial charge in [-0.25, -0.2) is 0 Å². The zero-order chi connectivity index (χ0) is 27.0. The fourth-order valence-corrected chi connectivity index (χ4v) is 6.32. The molecule has 3 aliphatic carbocycles. The van der Waals surface area contributed by atoms with Gasteiger partial charge in [-0.05, 0) is 51.4 Å². The lowest BCUT2D eigenvalue weighted by Crippen LogP contribution is -2.73. The molecular weight excluding hydrogens is 470 g/mol. The molecule has 194 valence electrons. The molecule has 0 saturated heterocycles. The Kier molecular flexibility index (Phi) is 6.02. The van der Waals surface area contributed by atoms with Crippen molar-refractivity contribution in [3.05, 3.63) is 28.3 Å². The molecule has 1 amide bonds. The van der Waals surface area contributed by atoms with Crippen LogP contribution in [0.3, 0.4) is 0 Å². The van der Waals surface area contributed by atoms with E-state index in [9.17, 15) is 39.6 Å². The van der Waals surface area contributed by atoms with Gasteiger partial charge in [0, 0.05) is 37.3 Å². The summed E-state index contributed by atoms with van der Waals surface area (Å²) in [6, 6.07) is 0.560. The number of nitrogens with two attached hydrogens (primary N) is 1. The zero-order valence-corrected chi connectivity index (χ0v) is 20.8. The first-order valence-electron chi connectivity index (χ1n) is 11.6. The van der Waals surface area contributed by atoms with Crippen molar-refractivity contribution >= 4 is 34.7 Å². The third-order valence-electron chi connectivity index (χ3n) is 7.93. The van der Waals surface area contributed by atoms with E-state index in [1.165, 1.54) is 17.9 Å². The number of phenolic OH excluding ortho intramolecular Hbond substituents is 1. The average Bonchev–Trinajstić information content (AvgIpc) is 2.75. The number of fused-ring (bicyclic) bond motifs is 3. The van der Waals surface area contributed by atoms with Gasteiger partial charge in [-0.2, -0.15) is 0 Å². The Bertz CT molecular complexity index is 1240. The second kappa shape index (κ2) is 8.39. The minimum Gasteiger partial charge on any atom is -0.507 e. The van der Waals surface area contributed by atoms with E-state index in [1.807, 2.05) is 0 Å². The van der Waals surface area contributed by atoms with E-state index in [0.717, 1.165) is 0 Å². The predicted octanol–water partition coefficient (Wildman–Crippen LogP) is -0.602. The largest absolute Gasteiger partial charge is 0.507 e. The summed E-state index contributed by atoms with van der Waals surface area (Å²) in [4.78, 5) is 54.7. The van der Waals surface area contributed by atoms with Gasteiger partial charge in [-0.1, -0.05) is 0 Å². The van der Waals surface area contributed by atoms with Crippen molar-refractivity contribution in [1.29, 1.82) is 0 Å². The second-order valence-electron chi connectivity index (χ2n) is 10.4. The van der Waals surface area contributed by atoms with Crippen LogP contribution in [-0.4, -0.2) is 94.5 Å². The lowest BCUT2D eigenvalue weighted by atomic mass is 9.54. The van der Waals surface area contributed by atoms with Crippen LogP contribution in [-0.2, 0) is 20.8 Å². The molecule has 1 aromatic carbocycles. The smallest absolute Gasteiger partial charge is 0.230 e. The number of likely N-dealkylation sites (N-methyl/N-ethyl adjacent to an activating group) is 1. The number of benzene rings is 1. The number of nitrogens with zero attached hydrogens (tertiary/aromatic N) is 2. The number of phenols is 1. The summed E-state index contributed by atoms with van der Waals surface area (Å²) >= 11 is 0. The molecule has 0 spiro atoms. The summed E-state index contributed by atoms with van der Waals surface area (Å²) in [5, 5.41) is 44.7. The first-order valence-corrected chi connectivity index (χ1v) is 11.6. The summed E-state index contributed by atoms with van der Waals surface area (Å²) in [7, 11) is 6.66. The van der Waals surface area contributed by atoms with Crippen LogP contribution in [0.1, 0.15) is 34.8 Å². The summed E-state index contributed by atoms with van der Waals surface area (Å²) in [5.74, 6) is -8.64. The fourth-order valence-electron chi connectivity index (χ4n) is 6.32. The van der Waals surface area contributed by atoms with Crippen LogP contribution in [0.2, 0.25) is 0 Å². The number of carbonyl (C=O) groups is 4. The Morgan fingerprint density at radius 3 is 2.25 bits per heavy atom. The summed E-state index contributed by atoms with van der Waals surface area (Å²) in [6.07, 6.45) is -1.35. The van der Waals surface area contributed by atoms with Gasteiger partial charge in [-0.15, -0.1) is 0 Å². The Morgan fingerprint density at radius 2 is 1.75 bits per heavy atom. The van der Waals surface area contributed by atoms with Crippen LogP contribution in [0.4, 0.5) is 5.69 Å². The van der Waals surface area contributed by atoms with Crippen molar-refractivity contribution in [3.8, 4) is 5.75 Å². The number of ketones is 3. The number of aromatic hydroxyl groups is 1. The number of hydrogen-bond donors (Lipinski definition) is 5. The van der Waals surface area contributed by atoms with E-state index in [4.69, 9.17) is 5.73 Å². The van der Waals surface area contributed by atoms with E-state index in [0.29, 0.717) is 11.3 Å². The summed E-state index contributed by atoms with van der Waals surface area (Å²) in [5.41, 5.74) is 3.31. The molecule has 3 unspecified atom stereocenters. The molecule has 0 radical (unpaired) electrons. The quantitative estimate of drug-likeness (QED) is 0.264. The minimum absolute atomic E-state index is 0.0281. The maximum absolute atomic E-state index is 13.8. The predicted molar refractivity (Wildman–Crippen MR) is 128 cm³/mol. The molecule has 4 rings (SSSR count). The first-order chi connectivity index (χ1) is 16.7. The molecule has 2 fully saturated rings. The molecule has 6 atom stereocenters. The molecule has 3 aliphatic rings. The summed E-state index contributed by atoms with van der Waals surface area (Å²) < 4.78 is 0. The molecule has 11 heteroatoms. The average molecular weight is 502 g/mol. The van der Waals surface area contributed by atoms with Gasteiger partial charge in [0.2, 0.25) is 11.7 Å². The molecule has 0 heterocycles. The topological polar surface area (TPSA) is 182 Å². The standard InChI is InChI=1S/C25H31N3O8/c1-9(29)11-8-14(27(2)3)12-6-10-7-13-18(28(4)5)21(32)17(24(26)35)23(34)25(13,36)22(33)15(10)20(31)16(12)19(11)30/h8,10,13,17-18,21,30-32,36H,6-7H2,1-5H3,(H2,26,35)/t10-,13-,17?,18?,21?,25-/m1/s1. The number of primary amides is 1. The van der Waals surface area contributed by atoms with Crippen LogP contribution in [0.25, 0.3) is 5.76 Å². The molecule has 0 aromatic heterocycles. The van der Waals surface area contributed by atoms with Gasteiger partial charge in [-0.3, -0.25) is 19.2 Å². The van der Waals surface area contributed by atoms with Gasteiger partial charge >= 0.3 is 0 Å². The Balaban J connectivity index is 1.98. The number of hydrogen-bond acceptors (Lipinski definition) is 10. The number of amides is 1. The normalized spacial score (nSPS) is 31.6. The molecule has 11 nitrogen and oxygen atoms in total. The highest BCUT2D eigenvalue weighted by atomic mass is 16.3. The van der Waals surface area contributed by atoms with Crippen molar-refractivity contribution in [2.45, 2.75) is 37.5 Å². The third kappa shape index (κ3) is 3.30. The van der Waals surface area contributed by atoms with Gasteiger partial charge in [0.25, 0.3) is 0 Å². The summed E-state index contributed by atoms with van der Waals surface area (Å²) in [6.45, 7) is 1.26. The minimum atomic E-state index is -2.72. The van der Waals surface area contributed by atoms with Crippen LogP contribution in [0.15, 0.2) is 11.6 Å². The monoisotopic (exact) mass is 501 g/mol. The third-order valence-corrected chi connectivity index (χ3v) is 7.93. The zero-order valence-electron chi connectivity index (χ0n) is 20.8. The van der Waals surface area contributed by atoms with Crippen LogP contribution < -0.4 is 10.6 Å². The number of rotatable bonds is 4. The van der Waals surface area contributed by atoms with Crippen molar-refractivity contribution < 1.29 is 39.6 Å². The molecule has 0 bridgehead atoms. The van der Waals surface area contributed by atoms with E-state index in [-0.39, 0.29) is 29.5 Å². The molecular formula is C25H31N3O8. The lowest BCUT2D eigenvalue weighted by Gasteiger charge is -2.53. The van der Waals surface area contributed by atoms with Crippen LogP contribution >= 0.6 is 0 Å². The van der Waals surface area contributed by atoms with E-state index in [1.54, 1.807) is 33.1 Å². The van der Waals surface area contributed by atoms with E-state index in [2.05, 4.69) is 0 Å². The van der Waals surface area contributed by atoms with Gasteiger partial charge in [0.1, 0.15) is 17.4 Å². The highest BCUT2D eigenvalue weighted by Crippen LogP contribution is 2.53. The maximum Gasteiger partial charge on any atom is 0.230 e. The van der Waals surface area contributed by atoms with Crippen molar-refractivity contribution in [2.24, 2.45) is 23.5 Å². The maximum atomic E-state index is 13.8. The number of aliphatic hydroxyl groups excluding tert-OH is 2.